The van der Waals surface area contributed by atoms with Crippen molar-refractivity contribution in [2.24, 2.45) is 5.73 Å². The third-order valence-electron chi connectivity index (χ3n) is 3.38. The number of rotatable bonds is 3. The fraction of sp³-hybridized carbons (Fsp3) is 0.500. The fourth-order valence-electron chi connectivity index (χ4n) is 2.27. The van der Waals surface area contributed by atoms with Crippen molar-refractivity contribution < 1.29 is 4.79 Å². The molecule has 2 N–H and O–H groups in total. The number of urea groups is 1. The molecule has 0 spiro atoms. The van der Waals surface area contributed by atoms with Crippen LogP contribution in [0, 0.1) is 0 Å². The van der Waals surface area contributed by atoms with Crippen molar-refractivity contribution in [3.05, 3.63) is 35.4 Å². The largest absolute Gasteiger partial charge is 0.326 e. The summed E-state index contributed by atoms with van der Waals surface area (Å²) in [5.41, 5.74) is 7.82. The van der Waals surface area contributed by atoms with Crippen LogP contribution in [0.25, 0.3) is 0 Å². The standard InChI is InChI=1S/C14H21N3O/c1-16(14(18)17-8-2-3-9-17)11-13-6-4-12(10-15)5-7-13/h4-7H,2-3,8-11,15H2,1H3. The van der Waals surface area contributed by atoms with E-state index >= 15 is 0 Å². The lowest BCUT2D eigenvalue weighted by Crippen LogP contribution is -2.38. The van der Waals surface area contributed by atoms with E-state index in [4.69, 9.17) is 5.73 Å². The van der Waals surface area contributed by atoms with Crippen molar-refractivity contribution >= 4 is 6.03 Å². The van der Waals surface area contributed by atoms with Gasteiger partial charge in [-0.3, -0.25) is 0 Å². The Morgan fingerprint density at radius 3 is 2.33 bits per heavy atom. The molecule has 1 saturated heterocycles. The quantitative estimate of drug-likeness (QED) is 0.885. The fourth-order valence-corrected chi connectivity index (χ4v) is 2.27. The van der Waals surface area contributed by atoms with Gasteiger partial charge in [-0.15, -0.1) is 0 Å². The lowest BCUT2D eigenvalue weighted by molar-refractivity contribution is 0.171. The van der Waals surface area contributed by atoms with Gasteiger partial charge in [0.2, 0.25) is 0 Å². The third-order valence-corrected chi connectivity index (χ3v) is 3.38. The predicted molar refractivity (Wildman–Crippen MR) is 72.0 cm³/mol. The molecule has 0 radical (unpaired) electrons. The smallest absolute Gasteiger partial charge is 0.320 e. The first-order chi connectivity index (χ1) is 8.70. The van der Waals surface area contributed by atoms with Crippen molar-refractivity contribution in [1.29, 1.82) is 0 Å². The van der Waals surface area contributed by atoms with Crippen LogP contribution in [0.15, 0.2) is 24.3 Å². The number of likely N-dealkylation sites (tertiary alicyclic amines) is 1. The molecule has 0 saturated carbocycles. The minimum atomic E-state index is 0.135. The molecule has 0 atom stereocenters. The number of hydrogen-bond acceptors (Lipinski definition) is 2. The Kier molecular flexibility index (Phi) is 4.20. The first-order valence-corrected chi connectivity index (χ1v) is 6.48. The van der Waals surface area contributed by atoms with Gasteiger partial charge < -0.3 is 15.5 Å². The van der Waals surface area contributed by atoms with Gasteiger partial charge in [0.1, 0.15) is 0 Å². The first-order valence-electron chi connectivity index (χ1n) is 6.48. The molecular formula is C14H21N3O. The maximum atomic E-state index is 12.1. The maximum absolute atomic E-state index is 12.1. The van der Waals surface area contributed by atoms with Crippen LogP contribution in [0.2, 0.25) is 0 Å². The van der Waals surface area contributed by atoms with E-state index in [2.05, 4.69) is 0 Å². The molecule has 2 amide bonds. The number of carbonyl (C=O) groups excluding carboxylic acids is 1. The number of carbonyl (C=O) groups is 1. The van der Waals surface area contributed by atoms with Crippen LogP contribution in [-0.4, -0.2) is 36.0 Å². The molecule has 1 aromatic carbocycles. The van der Waals surface area contributed by atoms with Gasteiger partial charge in [-0.05, 0) is 24.0 Å². The van der Waals surface area contributed by atoms with Gasteiger partial charge in [0.25, 0.3) is 0 Å². The van der Waals surface area contributed by atoms with E-state index in [1.54, 1.807) is 4.90 Å². The minimum absolute atomic E-state index is 0.135. The van der Waals surface area contributed by atoms with Crippen molar-refractivity contribution in [3.8, 4) is 0 Å². The Morgan fingerprint density at radius 1 is 1.22 bits per heavy atom. The molecule has 18 heavy (non-hydrogen) atoms. The molecule has 4 heteroatoms. The van der Waals surface area contributed by atoms with E-state index in [1.165, 1.54) is 0 Å². The van der Waals surface area contributed by atoms with Crippen molar-refractivity contribution in [1.82, 2.24) is 9.80 Å². The summed E-state index contributed by atoms with van der Waals surface area (Å²) in [4.78, 5) is 15.8. The lowest BCUT2D eigenvalue weighted by Gasteiger charge is -2.24. The summed E-state index contributed by atoms with van der Waals surface area (Å²) >= 11 is 0. The number of hydrogen-bond donors (Lipinski definition) is 1. The topological polar surface area (TPSA) is 49.6 Å². The van der Waals surface area contributed by atoms with E-state index in [0.717, 1.165) is 37.1 Å². The second-order valence-electron chi connectivity index (χ2n) is 4.85. The van der Waals surface area contributed by atoms with Crippen LogP contribution in [0.4, 0.5) is 4.79 Å². The van der Waals surface area contributed by atoms with E-state index in [0.29, 0.717) is 13.1 Å². The van der Waals surface area contributed by atoms with E-state index in [-0.39, 0.29) is 6.03 Å². The lowest BCUT2D eigenvalue weighted by atomic mass is 10.1. The molecule has 4 nitrogen and oxygen atoms in total. The highest BCUT2D eigenvalue weighted by molar-refractivity contribution is 5.74. The SMILES string of the molecule is CN(Cc1ccc(CN)cc1)C(=O)N1CCCC1. The average molecular weight is 247 g/mol. The molecule has 1 aromatic rings. The molecule has 0 bridgehead atoms. The summed E-state index contributed by atoms with van der Waals surface area (Å²) in [7, 11) is 1.86. The zero-order chi connectivity index (χ0) is 13.0. The summed E-state index contributed by atoms with van der Waals surface area (Å²) < 4.78 is 0. The van der Waals surface area contributed by atoms with Gasteiger partial charge in [0.15, 0.2) is 0 Å². The molecule has 1 fully saturated rings. The van der Waals surface area contributed by atoms with Crippen molar-refractivity contribution in [3.63, 3.8) is 0 Å². The highest BCUT2D eigenvalue weighted by Crippen LogP contribution is 2.12. The van der Waals surface area contributed by atoms with Crippen LogP contribution in [0.3, 0.4) is 0 Å². The Hall–Kier alpha value is -1.55. The molecule has 2 rings (SSSR count). The maximum Gasteiger partial charge on any atom is 0.320 e. The van der Waals surface area contributed by atoms with Gasteiger partial charge >= 0.3 is 6.03 Å². The van der Waals surface area contributed by atoms with Gasteiger partial charge in [0.05, 0.1) is 0 Å². The zero-order valence-electron chi connectivity index (χ0n) is 10.9. The second kappa shape index (κ2) is 5.87. The summed E-state index contributed by atoms with van der Waals surface area (Å²) in [5.74, 6) is 0. The van der Waals surface area contributed by atoms with Gasteiger partial charge in [-0.1, -0.05) is 24.3 Å². The third kappa shape index (κ3) is 3.01. The Bertz CT molecular complexity index is 396. The van der Waals surface area contributed by atoms with Crippen LogP contribution in [-0.2, 0) is 13.1 Å². The van der Waals surface area contributed by atoms with Crippen molar-refractivity contribution in [2.75, 3.05) is 20.1 Å². The molecule has 0 aromatic heterocycles. The predicted octanol–water partition coefficient (Wildman–Crippen LogP) is 1.79. The molecule has 1 heterocycles. The minimum Gasteiger partial charge on any atom is -0.326 e. The highest BCUT2D eigenvalue weighted by atomic mass is 16.2. The number of nitrogens with zero attached hydrogens (tertiary/aromatic N) is 2. The van der Waals surface area contributed by atoms with Crippen molar-refractivity contribution in [2.45, 2.75) is 25.9 Å². The van der Waals surface area contributed by atoms with Crippen LogP contribution < -0.4 is 5.73 Å². The van der Waals surface area contributed by atoms with E-state index < -0.39 is 0 Å². The van der Waals surface area contributed by atoms with E-state index in [1.807, 2.05) is 36.2 Å². The molecule has 0 unspecified atom stereocenters. The summed E-state index contributed by atoms with van der Waals surface area (Å²) in [5, 5.41) is 0. The highest BCUT2D eigenvalue weighted by Gasteiger charge is 2.20. The van der Waals surface area contributed by atoms with Gasteiger partial charge in [0, 0.05) is 33.2 Å². The molecule has 98 valence electrons. The van der Waals surface area contributed by atoms with Gasteiger partial charge in [-0.25, -0.2) is 4.79 Å². The summed E-state index contributed by atoms with van der Waals surface area (Å²) in [6.45, 7) is 3.01. The van der Waals surface area contributed by atoms with Crippen LogP contribution in [0.1, 0.15) is 24.0 Å². The molecule has 0 aliphatic carbocycles. The van der Waals surface area contributed by atoms with Gasteiger partial charge in [-0.2, -0.15) is 0 Å². The molecule has 1 aliphatic rings. The number of benzene rings is 1. The normalized spacial score (nSPS) is 14.9. The Labute approximate surface area is 108 Å². The Morgan fingerprint density at radius 2 is 1.78 bits per heavy atom. The Balaban J connectivity index is 1.92. The van der Waals surface area contributed by atoms with Crippen LogP contribution >= 0.6 is 0 Å². The first kappa shape index (κ1) is 12.9. The monoisotopic (exact) mass is 247 g/mol. The molecule has 1 aliphatic heterocycles. The van der Waals surface area contributed by atoms with Crippen LogP contribution in [0.5, 0.6) is 0 Å². The number of nitrogens with two attached hydrogens (primary N) is 1. The number of amides is 2. The summed E-state index contributed by atoms with van der Waals surface area (Å²) in [6, 6.07) is 8.24. The molecular weight excluding hydrogens is 226 g/mol. The van der Waals surface area contributed by atoms with E-state index in [9.17, 15) is 4.79 Å². The second-order valence-corrected chi connectivity index (χ2v) is 4.85. The zero-order valence-corrected chi connectivity index (χ0v) is 10.9. The summed E-state index contributed by atoms with van der Waals surface area (Å²) in [6.07, 6.45) is 2.26. The average Bonchev–Trinajstić information content (AvgIpc) is 2.92.